The summed E-state index contributed by atoms with van der Waals surface area (Å²) in [5, 5.41) is 7.18. The molecule has 5 heteroatoms. The van der Waals surface area contributed by atoms with E-state index >= 15 is 0 Å². The molecule has 2 aromatic rings. The Labute approximate surface area is 154 Å². The molecule has 0 radical (unpaired) electrons. The highest BCUT2D eigenvalue weighted by Crippen LogP contribution is 2.21. The van der Waals surface area contributed by atoms with Crippen LogP contribution < -0.4 is 15.4 Å². The fourth-order valence-electron chi connectivity index (χ4n) is 2.36. The molecule has 0 aromatic heterocycles. The van der Waals surface area contributed by atoms with Gasteiger partial charge in [-0.05, 0) is 85.8 Å². The van der Waals surface area contributed by atoms with Crippen LogP contribution in [0.5, 0.6) is 5.75 Å². The molecular formula is C19H24N2OS2. The molecule has 0 amide bonds. The first kappa shape index (κ1) is 18.6. The number of ether oxygens (including phenoxy) is 1. The van der Waals surface area contributed by atoms with E-state index in [1.165, 1.54) is 16.0 Å². The quantitative estimate of drug-likeness (QED) is 0.422. The summed E-state index contributed by atoms with van der Waals surface area (Å²) in [4.78, 5) is 1.26. The van der Waals surface area contributed by atoms with Crippen molar-refractivity contribution in [3.8, 4) is 5.75 Å². The third kappa shape index (κ3) is 6.42. The van der Waals surface area contributed by atoms with Crippen LogP contribution in [0.25, 0.3) is 0 Å². The van der Waals surface area contributed by atoms with Gasteiger partial charge in [-0.1, -0.05) is 6.07 Å². The smallest absolute Gasteiger partial charge is 0.170 e. The summed E-state index contributed by atoms with van der Waals surface area (Å²) >= 11 is 7.19. The van der Waals surface area contributed by atoms with E-state index < -0.39 is 0 Å². The van der Waals surface area contributed by atoms with Gasteiger partial charge in [0, 0.05) is 17.1 Å². The first-order valence-electron chi connectivity index (χ1n) is 7.97. The molecule has 2 rings (SSSR count). The molecule has 0 aliphatic heterocycles. The van der Waals surface area contributed by atoms with Crippen LogP contribution in [-0.2, 0) is 0 Å². The fraction of sp³-hybridized carbons (Fsp3) is 0.316. The zero-order valence-corrected chi connectivity index (χ0v) is 16.0. The lowest BCUT2D eigenvalue weighted by molar-refractivity contribution is 0.414. The maximum atomic E-state index is 5.35. The lowest BCUT2D eigenvalue weighted by atomic mass is 10.1. The third-order valence-electron chi connectivity index (χ3n) is 3.41. The van der Waals surface area contributed by atoms with Crippen LogP contribution in [0.3, 0.4) is 0 Å². The van der Waals surface area contributed by atoms with Crippen molar-refractivity contribution in [3.05, 3.63) is 53.6 Å². The summed E-state index contributed by atoms with van der Waals surface area (Å²) in [6.07, 6.45) is 1.05. The normalized spacial score (nSPS) is 10.3. The van der Waals surface area contributed by atoms with Gasteiger partial charge in [0.05, 0.1) is 7.11 Å². The molecule has 24 heavy (non-hydrogen) atoms. The first-order valence-corrected chi connectivity index (χ1v) is 9.36. The van der Waals surface area contributed by atoms with Crippen LogP contribution in [0.1, 0.15) is 17.5 Å². The molecule has 0 fully saturated rings. The van der Waals surface area contributed by atoms with Crippen LogP contribution in [-0.4, -0.2) is 24.5 Å². The number of nitrogens with one attached hydrogen (secondary N) is 2. The zero-order chi connectivity index (χ0) is 17.4. The van der Waals surface area contributed by atoms with E-state index in [9.17, 15) is 0 Å². The third-order valence-corrected chi connectivity index (χ3v) is 4.76. The van der Waals surface area contributed by atoms with Gasteiger partial charge < -0.3 is 15.4 Å². The van der Waals surface area contributed by atoms with Gasteiger partial charge in [-0.3, -0.25) is 0 Å². The Morgan fingerprint density at radius 3 is 2.38 bits per heavy atom. The van der Waals surface area contributed by atoms with Gasteiger partial charge in [0.25, 0.3) is 0 Å². The van der Waals surface area contributed by atoms with Gasteiger partial charge in [0.15, 0.2) is 5.11 Å². The molecule has 0 saturated carbocycles. The van der Waals surface area contributed by atoms with Crippen molar-refractivity contribution in [1.82, 2.24) is 5.32 Å². The standard InChI is InChI=1S/C19H24N2OS2/c1-14-11-15(2)13-16(12-14)21-19(23)20-9-4-10-24-18-7-5-17(22-3)6-8-18/h5-8,11-13H,4,9-10H2,1-3H3,(H2,20,21,23). The Morgan fingerprint density at radius 1 is 1.08 bits per heavy atom. The molecule has 2 aromatic carbocycles. The first-order chi connectivity index (χ1) is 11.6. The number of aryl methyl sites for hydroxylation is 2. The average molecular weight is 361 g/mol. The second-order valence-electron chi connectivity index (χ2n) is 5.63. The number of thioether (sulfide) groups is 1. The minimum atomic E-state index is 0.675. The Balaban J connectivity index is 1.65. The summed E-state index contributed by atoms with van der Waals surface area (Å²) in [6.45, 7) is 5.04. The number of hydrogen-bond donors (Lipinski definition) is 2. The predicted molar refractivity (Wildman–Crippen MR) is 108 cm³/mol. The molecule has 0 aliphatic rings. The number of anilines is 1. The molecule has 3 nitrogen and oxygen atoms in total. The van der Waals surface area contributed by atoms with E-state index in [0.717, 1.165) is 30.2 Å². The van der Waals surface area contributed by atoms with Gasteiger partial charge in [0.1, 0.15) is 5.75 Å². The van der Waals surface area contributed by atoms with Gasteiger partial charge >= 0.3 is 0 Å². The van der Waals surface area contributed by atoms with Crippen molar-refractivity contribution in [1.29, 1.82) is 0 Å². The Bertz CT molecular complexity index is 651. The predicted octanol–water partition coefficient (Wildman–Crippen LogP) is 4.78. The lowest BCUT2D eigenvalue weighted by Crippen LogP contribution is -2.29. The molecule has 0 spiro atoms. The largest absolute Gasteiger partial charge is 0.497 e. The molecule has 2 N–H and O–H groups in total. The molecule has 0 aliphatic carbocycles. The van der Waals surface area contributed by atoms with E-state index in [1.807, 2.05) is 23.9 Å². The number of thiocarbonyl (C=S) groups is 1. The van der Waals surface area contributed by atoms with Crippen molar-refractivity contribution in [2.24, 2.45) is 0 Å². The Kier molecular flexibility index (Phi) is 7.40. The summed E-state index contributed by atoms with van der Waals surface area (Å²) in [5.41, 5.74) is 3.50. The highest BCUT2D eigenvalue weighted by atomic mass is 32.2. The number of rotatable bonds is 7. The molecular weight excluding hydrogens is 336 g/mol. The van der Waals surface area contributed by atoms with E-state index in [0.29, 0.717) is 5.11 Å². The van der Waals surface area contributed by atoms with Crippen molar-refractivity contribution in [2.75, 3.05) is 24.7 Å². The topological polar surface area (TPSA) is 33.3 Å². The van der Waals surface area contributed by atoms with Crippen molar-refractivity contribution in [3.63, 3.8) is 0 Å². The second kappa shape index (κ2) is 9.55. The summed E-state index contributed by atoms with van der Waals surface area (Å²) in [6, 6.07) is 14.5. The van der Waals surface area contributed by atoms with Crippen LogP contribution in [0.15, 0.2) is 47.4 Å². The summed E-state index contributed by atoms with van der Waals surface area (Å²) in [5.74, 6) is 1.94. The summed E-state index contributed by atoms with van der Waals surface area (Å²) in [7, 11) is 1.68. The molecule has 0 bridgehead atoms. The molecule has 128 valence electrons. The van der Waals surface area contributed by atoms with Crippen molar-refractivity contribution >= 4 is 34.8 Å². The lowest BCUT2D eigenvalue weighted by Gasteiger charge is -2.11. The monoisotopic (exact) mass is 360 g/mol. The van der Waals surface area contributed by atoms with E-state index in [4.69, 9.17) is 17.0 Å². The maximum absolute atomic E-state index is 5.35. The Hall–Kier alpha value is -1.72. The average Bonchev–Trinajstić information content (AvgIpc) is 2.54. The maximum Gasteiger partial charge on any atom is 0.170 e. The highest BCUT2D eigenvalue weighted by Gasteiger charge is 2.00. The van der Waals surface area contributed by atoms with Crippen molar-refractivity contribution < 1.29 is 4.74 Å². The van der Waals surface area contributed by atoms with Gasteiger partial charge in [0.2, 0.25) is 0 Å². The van der Waals surface area contributed by atoms with Gasteiger partial charge in [-0.25, -0.2) is 0 Å². The van der Waals surface area contributed by atoms with E-state index in [-0.39, 0.29) is 0 Å². The molecule has 0 heterocycles. The molecule has 0 saturated heterocycles. The molecule has 0 atom stereocenters. The minimum Gasteiger partial charge on any atom is -0.497 e. The van der Waals surface area contributed by atoms with E-state index in [1.54, 1.807) is 7.11 Å². The van der Waals surface area contributed by atoms with Crippen LogP contribution in [0.4, 0.5) is 5.69 Å². The minimum absolute atomic E-state index is 0.675. The number of methoxy groups -OCH3 is 1. The van der Waals surface area contributed by atoms with Crippen LogP contribution in [0, 0.1) is 13.8 Å². The molecule has 0 unspecified atom stereocenters. The van der Waals surface area contributed by atoms with Gasteiger partial charge in [-0.15, -0.1) is 11.8 Å². The Morgan fingerprint density at radius 2 is 1.75 bits per heavy atom. The second-order valence-corrected chi connectivity index (χ2v) is 7.21. The number of hydrogen-bond acceptors (Lipinski definition) is 3. The number of benzene rings is 2. The highest BCUT2D eigenvalue weighted by molar-refractivity contribution is 7.99. The SMILES string of the molecule is COc1ccc(SCCCNC(=S)Nc2cc(C)cc(C)c2)cc1. The van der Waals surface area contributed by atoms with Gasteiger partial charge in [-0.2, -0.15) is 0 Å². The summed E-state index contributed by atoms with van der Waals surface area (Å²) < 4.78 is 5.16. The van der Waals surface area contributed by atoms with Crippen LogP contribution >= 0.6 is 24.0 Å². The van der Waals surface area contributed by atoms with Crippen LogP contribution in [0.2, 0.25) is 0 Å². The van der Waals surface area contributed by atoms with E-state index in [2.05, 4.69) is 54.8 Å². The van der Waals surface area contributed by atoms with Crippen molar-refractivity contribution in [2.45, 2.75) is 25.2 Å². The fourth-order valence-corrected chi connectivity index (χ4v) is 3.43. The zero-order valence-electron chi connectivity index (χ0n) is 14.4.